The van der Waals surface area contributed by atoms with E-state index >= 15 is 0 Å². The molecule has 0 aliphatic carbocycles. The maximum Gasteiger partial charge on any atom is 0.323 e. The van der Waals surface area contributed by atoms with Gasteiger partial charge in [-0.15, -0.1) is 0 Å². The Labute approximate surface area is 120 Å². The largest absolute Gasteiger partial charge is 0.468 e. The summed E-state index contributed by atoms with van der Waals surface area (Å²) in [6.07, 6.45) is -1.06. The van der Waals surface area contributed by atoms with Crippen LogP contribution in [0.1, 0.15) is 34.1 Å². The molecule has 0 radical (unpaired) electrons. The second kappa shape index (κ2) is 7.36. The van der Waals surface area contributed by atoms with Crippen molar-refractivity contribution in [2.75, 3.05) is 20.3 Å². The average Bonchev–Trinajstić information content (AvgIpc) is 2.37. The van der Waals surface area contributed by atoms with Gasteiger partial charge in [-0.1, -0.05) is 27.7 Å². The summed E-state index contributed by atoms with van der Waals surface area (Å²) < 4.78 is 15.8. The van der Waals surface area contributed by atoms with Crippen molar-refractivity contribution < 1.29 is 24.1 Å². The maximum atomic E-state index is 11.6. The molecule has 1 rings (SSSR count). The number of aliphatic hydroxyl groups excluding tert-OH is 1. The zero-order chi connectivity index (χ0) is 15.3. The number of esters is 1. The Morgan fingerprint density at radius 2 is 1.95 bits per heavy atom. The van der Waals surface area contributed by atoms with Crippen molar-refractivity contribution in [2.45, 2.75) is 52.7 Å². The van der Waals surface area contributed by atoms with Gasteiger partial charge in [0.15, 0.2) is 6.29 Å². The number of rotatable bonds is 6. The van der Waals surface area contributed by atoms with Gasteiger partial charge in [0.05, 0.1) is 20.3 Å². The Bertz CT molecular complexity index is 309. The number of aliphatic hydroxyl groups is 1. The van der Waals surface area contributed by atoms with Crippen LogP contribution in [-0.2, 0) is 19.0 Å². The Morgan fingerprint density at radius 3 is 2.40 bits per heavy atom. The van der Waals surface area contributed by atoms with Crippen molar-refractivity contribution in [1.82, 2.24) is 5.32 Å². The summed E-state index contributed by atoms with van der Waals surface area (Å²) in [5, 5.41) is 12.9. The van der Waals surface area contributed by atoms with Gasteiger partial charge in [-0.2, -0.15) is 0 Å². The molecule has 0 bridgehead atoms. The lowest BCUT2D eigenvalue weighted by Gasteiger charge is -2.35. The molecule has 0 amide bonds. The lowest BCUT2D eigenvalue weighted by molar-refractivity contribution is -0.232. The maximum absolute atomic E-state index is 11.6. The predicted octanol–water partition coefficient (Wildman–Crippen LogP) is 0.881. The van der Waals surface area contributed by atoms with Gasteiger partial charge in [0.1, 0.15) is 12.3 Å². The highest BCUT2D eigenvalue weighted by atomic mass is 16.7. The van der Waals surface area contributed by atoms with Gasteiger partial charge in [0.2, 0.25) is 0 Å². The van der Waals surface area contributed by atoms with Crippen molar-refractivity contribution >= 4 is 5.97 Å². The van der Waals surface area contributed by atoms with E-state index in [1.54, 1.807) is 0 Å². The predicted molar refractivity (Wildman–Crippen MR) is 73.9 cm³/mol. The number of carbonyl (C=O) groups is 1. The Balaban J connectivity index is 2.42. The molecule has 0 aromatic rings. The SMILES string of the molecule is COC(=O)[C@@H](NC(O)CC1OCC(C)(C)CO1)C(C)C. The zero-order valence-corrected chi connectivity index (χ0v) is 13.0. The minimum absolute atomic E-state index is 0.00135. The summed E-state index contributed by atoms with van der Waals surface area (Å²) in [4.78, 5) is 11.6. The minimum atomic E-state index is -0.882. The van der Waals surface area contributed by atoms with E-state index < -0.39 is 18.6 Å². The third kappa shape index (κ3) is 5.36. The van der Waals surface area contributed by atoms with Crippen molar-refractivity contribution in [2.24, 2.45) is 11.3 Å². The fraction of sp³-hybridized carbons (Fsp3) is 0.929. The molecule has 1 saturated heterocycles. The van der Waals surface area contributed by atoms with Crippen LogP contribution in [0, 0.1) is 11.3 Å². The van der Waals surface area contributed by atoms with Crippen LogP contribution >= 0.6 is 0 Å². The van der Waals surface area contributed by atoms with Crippen molar-refractivity contribution in [3.8, 4) is 0 Å². The van der Waals surface area contributed by atoms with E-state index in [0.717, 1.165) is 0 Å². The van der Waals surface area contributed by atoms with Crippen LogP contribution < -0.4 is 5.32 Å². The van der Waals surface area contributed by atoms with Crippen LogP contribution in [0.25, 0.3) is 0 Å². The number of hydrogen-bond donors (Lipinski definition) is 2. The first-order valence-corrected chi connectivity index (χ1v) is 7.00. The highest BCUT2D eigenvalue weighted by Crippen LogP contribution is 2.24. The standard InChI is InChI=1S/C14H27NO5/c1-9(2)12(13(17)18-5)15-10(16)6-11-19-7-14(3,4)8-20-11/h9-12,15-16H,6-8H2,1-5H3/t10?,12-/m0/s1. The second-order valence-electron chi connectivity index (χ2n) is 6.38. The molecule has 1 aliphatic rings. The molecule has 6 nitrogen and oxygen atoms in total. The van der Waals surface area contributed by atoms with Crippen LogP contribution in [0.15, 0.2) is 0 Å². The van der Waals surface area contributed by atoms with Gasteiger partial charge in [0.25, 0.3) is 0 Å². The third-order valence-electron chi connectivity index (χ3n) is 3.23. The molecular formula is C14H27NO5. The van der Waals surface area contributed by atoms with E-state index in [0.29, 0.717) is 13.2 Å². The molecule has 6 heteroatoms. The first-order valence-electron chi connectivity index (χ1n) is 7.00. The quantitative estimate of drug-likeness (QED) is 0.558. The van der Waals surface area contributed by atoms with Gasteiger partial charge in [-0.3, -0.25) is 10.1 Å². The molecule has 1 heterocycles. The summed E-state index contributed by atoms with van der Waals surface area (Å²) in [6, 6.07) is -0.546. The normalized spacial score (nSPS) is 22.6. The monoisotopic (exact) mass is 289 g/mol. The molecule has 118 valence electrons. The van der Waals surface area contributed by atoms with Gasteiger partial charge in [-0.05, 0) is 5.92 Å². The average molecular weight is 289 g/mol. The summed E-state index contributed by atoms with van der Waals surface area (Å²) in [5.74, 6) is -0.366. The number of methoxy groups -OCH3 is 1. The van der Waals surface area contributed by atoms with Crippen LogP contribution in [0.5, 0.6) is 0 Å². The van der Waals surface area contributed by atoms with E-state index in [1.165, 1.54) is 7.11 Å². The zero-order valence-electron chi connectivity index (χ0n) is 13.0. The Kier molecular flexibility index (Phi) is 6.39. The molecule has 20 heavy (non-hydrogen) atoms. The number of hydrogen-bond acceptors (Lipinski definition) is 6. The van der Waals surface area contributed by atoms with E-state index in [2.05, 4.69) is 19.2 Å². The Hall–Kier alpha value is -0.690. The highest BCUT2D eigenvalue weighted by Gasteiger charge is 2.31. The highest BCUT2D eigenvalue weighted by molar-refractivity contribution is 5.75. The first kappa shape index (κ1) is 17.4. The number of nitrogens with one attached hydrogen (secondary N) is 1. The van der Waals surface area contributed by atoms with Gasteiger partial charge >= 0.3 is 5.97 Å². The molecule has 1 fully saturated rings. The fourth-order valence-electron chi connectivity index (χ4n) is 1.98. The topological polar surface area (TPSA) is 77.0 Å². The molecule has 0 aromatic heterocycles. The molecule has 1 aliphatic heterocycles. The summed E-state index contributed by atoms with van der Waals surface area (Å²) in [6.45, 7) is 9.08. The number of carbonyl (C=O) groups excluding carboxylic acids is 1. The van der Waals surface area contributed by atoms with E-state index in [4.69, 9.17) is 14.2 Å². The third-order valence-corrected chi connectivity index (χ3v) is 3.23. The van der Waals surface area contributed by atoms with Gasteiger partial charge in [0, 0.05) is 11.8 Å². The van der Waals surface area contributed by atoms with Crippen molar-refractivity contribution in [3.05, 3.63) is 0 Å². The fourth-order valence-corrected chi connectivity index (χ4v) is 1.98. The van der Waals surface area contributed by atoms with E-state index in [-0.39, 0.29) is 23.7 Å². The summed E-state index contributed by atoms with van der Waals surface area (Å²) in [5.41, 5.74) is 0.00135. The van der Waals surface area contributed by atoms with Crippen LogP contribution in [-0.4, -0.2) is 50.0 Å². The molecule has 1 unspecified atom stereocenters. The molecule has 0 aromatic carbocycles. The lowest BCUT2D eigenvalue weighted by Crippen LogP contribution is -2.49. The lowest BCUT2D eigenvalue weighted by atomic mass is 9.95. The van der Waals surface area contributed by atoms with Crippen LogP contribution in [0.3, 0.4) is 0 Å². The van der Waals surface area contributed by atoms with Crippen molar-refractivity contribution in [3.63, 3.8) is 0 Å². The van der Waals surface area contributed by atoms with E-state index in [9.17, 15) is 9.90 Å². The molecule has 0 spiro atoms. The molecular weight excluding hydrogens is 262 g/mol. The van der Waals surface area contributed by atoms with Gasteiger partial charge in [-0.25, -0.2) is 0 Å². The van der Waals surface area contributed by atoms with Crippen LogP contribution in [0.4, 0.5) is 0 Å². The molecule has 2 atom stereocenters. The second-order valence-corrected chi connectivity index (χ2v) is 6.38. The van der Waals surface area contributed by atoms with Crippen molar-refractivity contribution in [1.29, 1.82) is 0 Å². The minimum Gasteiger partial charge on any atom is -0.468 e. The molecule has 2 N–H and O–H groups in total. The van der Waals surface area contributed by atoms with Gasteiger partial charge < -0.3 is 19.3 Å². The smallest absolute Gasteiger partial charge is 0.323 e. The molecule has 0 saturated carbocycles. The first-order chi connectivity index (χ1) is 9.25. The van der Waals surface area contributed by atoms with E-state index in [1.807, 2.05) is 13.8 Å². The number of ether oxygens (including phenoxy) is 3. The Morgan fingerprint density at radius 1 is 1.40 bits per heavy atom. The summed E-state index contributed by atoms with van der Waals surface area (Å²) in [7, 11) is 1.33. The summed E-state index contributed by atoms with van der Waals surface area (Å²) >= 11 is 0. The van der Waals surface area contributed by atoms with Crippen LogP contribution in [0.2, 0.25) is 0 Å².